The predicted octanol–water partition coefficient (Wildman–Crippen LogP) is 2.40. The van der Waals surface area contributed by atoms with Gasteiger partial charge in [0.1, 0.15) is 5.75 Å². The van der Waals surface area contributed by atoms with Crippen molar-refractivity contribution in [1.29, 1.82) is 0 Å². The first-order valence-corrected chi connectivity index (χ1v) is 8.72. The number of nitrogens with zero attached hydrogens (tertiary/aromatic N) is 1. The van der Waals surface area contributed by atoms with Gasteiger partial charge in [-0.2, -0.15) is 0 Å². The normalized spacial score (nSPS) is 19.6. The molecule has 2 atom stereocenters. The number of rotatable bonds is 7. The monoisotopic (exact) mass is 340 g/mol. The van der Waals surface area contributed by atoms with E-state index in [2.05, 4.69) is 10.3 Å². The second-order valence-corrected chi connectivity index (χ2v) is 6.28. The Bertz CT molecular complexity index is 673. The quantitative estimate of drug-likeness (QED) is 0.841. The van der Waals surface area contributed by atoms with Gasteiger partial charge in [-0.25, -0.2) is 0 Å². The second-order valence-electron chi connectivity index (χ2n) is 6.28. The Balaban J connectivity index is 1.52. The molecule has 1 aliphatic rings. The fraction of sp³-hybridized carbons (Fsp3) is 0.400. The molecule has 2 aromatic rings. The van der Waals surface area contributed by atoms with E-state index in [9.17, 15) is 4.79 Å². The Morgan fingerprint density at radius 2 is 1.92 bits per heavy atom. The summed E-state index contributed by atoms with van der Waals surface area (Å²) in [6.45, 7) is 3.84. The summed E-state index contributed by atoms with van der Waals surface area (Å²) < 4.78 is 11.0. The highest BCUT2D eigenvalue weighted by Crippen LogP contribution is 2.19. The number of pyridine rings is 1. The van der Waals surface area contributed by atoms with Crippen LogP contribution in [0.15, 0.2) is 48.8 Å². The smallest absolute Gasteiger partial charge is 0.224 e. The van der Waals surface area contributed by atoms with Gasteiger partial charge in [-0.1, -0.05) is 12.1 Å². The molecule has 0 saturated carbocycles. The minimum atomic E-state index is 0.0272. The maximum absolute atomic E-state index is 12.4. The van der Waals surface area contributed by atoms with Gasteiger partial charge in [-0.05, 0) is 48.7 Å². The van der Waals surface area contributed by atoms with Crippen molar-refractivity contribution in [1.82, 2.24) is 10.3 Å². The molecule has 0 spiro atoms. The number of ether oxygens (including phenoxy) is 2. The Morgan fingerprint density at radius 3 is 2.64 bits per heavy atom. The van der Waals surface area contributed by atoms with Crippen molar-refractivity contribution in [2.75, 3.05) is 19.8 Å². The predicted molar refractivity (Wildman–Crippen MR) is 95.5 cm³/mol. The maximum Gasteiger partial charge on any atom is 0.224 e. The Hall–Kier alpha value is -2.40. The zero-order valence-electron chi connectivity index (χ0n) is 14.5. The van der Waals surface area contributed by atoms with Crippen LogP contribution in [0, 0.1) is 5.92 Å². The average molecular weight is 340 g/mol. The lowest BCUT2D eigenvalue weighted by Gasteiger charge is -2.19. The topological polar surface area (TPSA) is 60.5 Å². The number of hydrogen-bond acceptors (Lipinski definition) is 4. The first kappa shape index (κ1) is 17.4. The first-order valence-electron chi connectivity index (χ1n) is 8.72. The number of carbonyl (C=O) groups is 1. The molecule has 25 heavy (non-hydrogen) atoms. The Labute approximate surface area is 148 Å². The fourth-order valence-corrected chi connectivity index (χ4v) is 3.09. The van der Waals surface area contributed by atoms with Crippen molar-refractivity contribution >= 4 is 5.91 Å². The molecule has 1 aromatic heterocycles. The van der Waals surface area contributed by atoms with Gasteiger partial charge in [0, 0.05) is 18.3 Å². The number of hydrogen-bond donors (Lipinski definition) is 1. The molecule has 0 radical (unpaired) electrons. The van der Waals surface area contributed by atoms with Gasteiger partial charge < -0.3 is 14.8 Å². The van der Waals surface area contributed by atoms with E-state index < -0.39 is 0 Å². The SMILES string of the molecule is CCOc1ccc(CC(=O)N[C@H]2COC[C@H]2Cc2ccncc2)cc1. The zero-order chi connectivity index (χ0) is 17.5. The minimum absolute atomic E-state index is 0.0272. The van der Waals surface area contributed by atoms with Crippen molar-refractivity contribution < 1.29 is 14.3 Å². The number of amides is 1. The third-order valence-electron chi connectivity index (χ3n) is 4.39. The van der Waals surface area contributed by atoms with Gasteiger partial charge in [-0.3, -0.25) is 9.78 Å². The van der Waals surface area contributed by atoms with E-state index in [1.54, 1.807) is 12.4 Å². The Morgan fingerprint density at radius 1 is 1.16 bits per heavy atom. The van der Waals surface area contributed by atoms with Crippen molar-refractivity contribution in [3.8, 4) is 5.75 Å². The Kier molecular flexibility index (Phi) is 6.01. The van der Waals surface area contributed by atoms with Gasteiger partial charge in [0.15, 0.2) is 0 Å². The van der Waals surface area contributed by atoms with Crippen LogP contribution in [-0.2, 0) is 22.4 Å². The van der Waals surface area contributed by atoms with Crippen molar-refractivity contribution in [3.63, 3.8) is 0 Å². The maximum atomic E-state index is 12.4. The van der Waals surface area contributed by atoms with Gasteiger partial charge in [-0.15, -0.1) is 0 Å². The lowest BCUT2D eigenvalue weighted by Crippen LogP contribution is -2.41. The first-order chi connectivity index (χ1) is 12.2. The lowest BCUT2D eigenvalue weighted by molar-refractivity contribution is -0.121. The van der Waals surface area contributed by atoms with Crippen LogP contribution >= 0.6 is 0 Å². The largest absolute Gasteiger partial charge is 0.494 e. The number of aromatic nitrogens is 1. The van der Waals surface area contributed by atoms with Gasteiger partial charge >= 0.3 is 0 Å². The molecule has 132 valence electrons. The van der Waals surface area contributed by atoms with Crippen LogP contribution in [0.4, 0.5) is 0 Å². The molecule has 1 aliphatic heterocycles. The molecule has 0 bridgehead atoms. The second kappa shape index (κ2) is 8.62. The van der Waals surface area contributed by atoms with Crippen LogP contribution in [0.2, 0.25) is 0 Å². The molecule has 2 heterocycles. The molecule has 1 aromatic carbocycles. The van der Waals surface area contributed by atoms with Gasteiger partial charge in [0.05, 0.1) is 32.3 Å². The van der Waals surface area contributed by atoms with Crippen molar-refractivity contribution in [3.05, 3.63) is 59.9 Å². The number of carbonyl (C=O) groups excluding carboxylic acids is 1. The molecule has 3 rings (SSSR count). The van der Waals surface area contributed by atoms with E-state index in [-0.39, 0.29) is 11.9 Å². The van der Waals surface area contributed by atoms with Crippen LogP contribution in [-0.4, -0.2) is 36.8 Å². The summed E-state index contributed by atoms with van der Waals surface area (Å²) in [5.41, 5.74) is 2.20. The third kappa shape index (κ3) is 5.03. The molecule has 5 nitrogen and oxygen atoms in total. The van der Waals surface area contributed by atoms with E-state index in [4.69, 9.17) is 9.47 Å². The molecule has 1 fully saturated rings. The summed E-state index contributed by atoms with van der Waals surface area (Å²) in [5.74, 6) is 1.15. The summed E-state index contributed by atoms with van der Waals surface area (Å²) >= 11 is 0. The average Bonchev–Trinajstić information content (AvgIpc) is 3.04. The number of nitrogens with one attached hydrogen (secondary N) is 1. The molecule has 1 amide bonds. The van der Waals surface area contributed by atoms with Crippen LogP contribution in [0.1, 0.15) is 18.1 Å². The van der Waals surface area contributed by atoms with E-state index in [0.717, 1.165) is 17.7 Å². The summed E-state index contributed by atoms with van der Waals surface area (Å²) in [4.78, 5) is 16.4. The molecule has 0 unspecified atom stereocenters. The molecular weight excluding hydrogens is 316 g/mol. The fourth-order valence-electron chi connectivity index (χ4n) is 3.09. The van der Waals surface area contributed by atoms with Crippen LogP contribution in [0.3, 0.4) is 0 Å². The molecular formula is C20H24N2O3. The van der Waals surface area contributed by atoms with Gasteiger partial charge in [0.25, 0.3) is 0 Å². The standard InChI is InChI=1S/C20H24N2O3/c1-2-25-18-5-3-15(4-6-18)12-20(23)22-19-14-24-13-17(19)11-16-7-9-21-10-8-16/h3-10,17,19H,2,11-14H2,1H3,(H,22,23)/t17-,19+/m1/s1. The highest BCUT2D eigenvalue weighted by atomic mass is 16.5. The summed E-state index contributed by atoms with van der Waals surface area (Å²) in [5, 5.41) is 3.13. The molecule has 0 aliphatic carbocycles. The minimum Gasteiger partial charge on any atom is -0.494 e. The van der Waals surface area contributed by atoms with Crippen LogP contribution in [0.25, 0.3) is 0 Å². The highest BCUT2D eigenvalue weighted by Gasteiger charge is 2.29. The van der Waals surface area contributed by atoms with Crippen molar-refractivity contribution in [2.45, 2.75) is 25.8 Å². The van der Waals surface area contributed by atoms with E-state index in [1.807, 2.05) is 43.3 Å². The van der Waals surface area contributed by atoms with E-state index >= 15 is 0 Å². The summed E-state index contributed by atoms with van der Waals surface area (Å²) in [7, 11) is 0. The highest BCUT2D eigenvalue weighted by molar-refractivity contribution is 5.79. The lowest BCUT2D eigenvalue weighted by atomic mass is 9.95. The van der Waals surface area contributed by atoms with Gasteiger partial charge in [0.2, 0.25) is 5.91 Å². The zero-order valence-corrected chi connectivity index (χ0v) is 14.5. The third-order valence-corrected chi connectivity index (χ3v) is 4.39. The molecule has 1 saturated heterocycles. The summed E-state index contributed by atoms with van der Waals surface area (Å²) in [6, 6.07) is 11.7. The van der Waals surface area contributed by atoms with Crippen molar-refractivity contribution in [2.24, 2.45) is 5.92 Å². The molecule has 5 heteroatoms. The van der Waals surface area contributed by atoms with E-state index in [1.165, 1.54) is 5.56 Å². The van der Waals surface area contributed by atoms with Crippen LogP contribution < -0.4 is 10.1 Å². The number of benzene rings is 1. The molecule has 1 N–H and O–H groups in total. The van der Waals surface area contributed by atoms with E-state index in [0.29, 0.717) is 32.2 Å². The van der Waals surface area contributed by atoms with Crippen LogP contribution in [0.5, 0.6) is 5.75 Å². The summed E-state index contributed by atoms with van der Waals surface area (Å²) in [6.07, 6.45) is 4.84.